The fourth-order valence-corrected chi connectivity index (χ4v) is 3.43. The maximum absolute atomic E-state index is 12.2. The molecule has 1 amide bonds. The minimum atomic E-state index is -0.0658. The van der Waals surface area contributed by atoms with Gasteiger partial charge >= 0.3 is 0 Å². The van der Waals surface area contributed by atoms with Crippen molar-refractivity contribution in [1.82, 2.24) is 0 Å². The van der Waals surface area contributed by atoms with Crippen LogP contribution in [0.5, 0.6) is 0 Å². The van der Waals surface area contributed by atoms with Gasteiger partial charge in [-0.15, -0.1) is 11.8 Å². The van der Waals surface area contributed by atoms with Gasteiger partial charge in [-0.1, -0.05) is 23.2 Å². The molecule has 108 valence electrons. The second-order valence-electron chi connectivity index (χ2n) is 4.52. The van der Waals surface area contributed by atoms with Gasteiger partial charge in [0.05, 0.1) is 10.9 Å². The van der Waals surface area contributed by atoms with Gasteiger partial charge in [-0.2, -0.15) is 0 Å². The molecular formula is C13H16ClN3O2S. The highest BCUT2D eigenvalue weighted by Crippen LogP contribution is 2.27. The minimum Gasteiger partial charge on any atom is -0.409 e. The van der Waals surface area contributed by atoms with Gasteiger partial charge in [0.25, 0.3) is 0 Å². The molecular weight excluding hydrogens is 298 g/mol. The van der Waals surface area contributed by atoms with Crippen molar-refractivity contribution in [3.8, 4) is 0 Å². The monoisotopic (exact) mass is 313 g/mol. The Hall–Kier alpha value is -1.40. The first-order valence-corrected chi connectivity index (χ1v) is 7.74. The third-order valence-electron chi connectivity index (χ3n) is 3.10. The molecule has 1 unspecified atom stereocenters. The minimum absolute atomic E-state index is 0.0529. The molecule has 20 heavy (non-hydrogen) atoms. The normalized spacial score (nSPS) is 19.6. The molecule has 1 saturated heterocycles. The molecule has 7 heteroatoms. The topological polar surface area (TPSA) is 87.7 Å². The molecule has 0 radical (unpaired) electrons. The smallest absolute Gasteiger partial charge is 0.237 e. The number of carbonyl (C=O) groups excluding carboxylic acids is 1. The Morgan fingerprint density at radius 2 is 2.30 bits per heavy atom. The zero-order valence-electron chi connectivity index (χ0n) is 10.8. The molecule has 2 rings (SSSR count). The molecule has 0 spiro atoms. The van der Waals surface area contributed by atoms with Crippen molar-refractivity contribution in [2.24, 2.45) is 10.9 Å². The number of hydrogen-bond acceptors (Lipinski definition) is 4. The molecule has 0 aliphatic carbocycles. The molecule has 1 aromatic carbocycles. The number of amides is 1. The van der Waals surface area contributed by atoms with E-state index in [0.717, 1.165) is 25.0 Å². The van der Waals surface area contributed by atoms with Crippen molar-refractivity contribution in [1.29, 1.82) is 0 Å². The van der Waals surface area contributed by atoms with Crippen molar-refractivity contribution in [3.05, 3.63) is 28.8 Å². The van der Waals surface area contributed by atoms with E-state index in [4.69, 9.17) is 22.5 Å². The van der Waals surface area contributed by atoms with E-state index < -0.39 is 0 Å². The van der Waals surface area contributed by atoms with Crippen LogP contribution in [0.3, 0.4) is 0 Å². The highest BCUT2D eigenvalue weighted by Gasteiger charge is 2.22. The van der Waals surface area contributed by atoms with Crippen LogP contribution in [0, 0.1) is 0 Å². The van der Waals surface area contributed by atoms with Crippen molar-refractivity contribution in [2.45, 2.75) is 24.5 Å². The summed E-state index contributed by atoms with van der Waals surface area (Å²) in [6, 6.07) is 4.83. The number of benzene rings is 1. The van der Waals surface area contributed by atoms with E-state index in [9.17, 15) is 4.79 Å². The standard InChI is InChI=1S/C13H16ClN3O2S/c14-8-4-5-9(12(15)17-19)10(7-8)16-13(18)11-3-1-2-6-20-11/h4-5,7,11,19H,1-3,6H2,(H2,15,17)(H,16,18). The van der Waals surface area contributed by atoms with Gasteiger partial charge in [0.15, 0.2) is 5.84 Å². The molecule has 0 bridgehead atoms. The van der Waals surface area contributed by atoms with Crippen LogP contribution in [0.15, 0.2) is 23.4 Å². The number of nitrogens with two attached hydrogens (primary N) is 1. The van der Waals surface area contributed by atoms with E-state index in [1.165, 1.54) is 0 Å². The lowest BCUT2D eigenvalue weighted by molar-refractivity contribution is -0.115. The molecule has 1 heterocycles. The summed E-state index contributed by atoms with van der Waals surface area (Å²) in [6.45, 7) is 0. The zero-order chi connectivity index (χ0) is 14.5. The first-order valence-electron chi connectivity index (χ1n) is 6.31. The van der Waals surface area contributed by atoms with E-state index in [-0.39, 0.29) is 17.0 Å². The summed E-state index contributed by atoms with van der Waals surface area (Å²) in [4.78, 5) is 12.2. The number of nitrogens with one attached hydrogen (secondary N) is 1. The van der Waals surface area contributed by atoms with Crippen molar-refractivity contribution >= 4 is 40.8 Å². The number of nitrogens with zero attached hydrogens (tertiary/aromatic N) is 1. The number of carbonyl (C=O) groups is 1. The molecule has 1 atom stereocenters. The Bertz CT molecular complexity index is 530. The highest BCUT2D eigenvalue weighted by molar-refractivity contribution is 8.00. The first-order chi connectivity index (χ1) is 9.61. The fraction of sp³-hybridized carbons (Fsp3) is 0.385. The zero-order valence-corrected chi connectivity index (χ0v) is 12.4. The average molecular weight is 314 g/mol. The summed E-state index contributed by atoms with van der Waals surface area (Å²) in [7, 11) is 0. The van der Waals surface area contributed by atoms with Crippen LogP contribution in [0.1, 0.15) is 24.8 Å². The summed E-state index contributed by atoms with van der Waals surface area (Å²) in [5.41, 5.74) is 6.51. The lowest BCUT2D eigenvalue weighted by Crippen LogP contribution is -2.28. The predicted octanol–water partition coefficient (Wildman–Crippen LogP) is 2.66. The van der Waals surface area contributed by atoms with Crippen LogP contribution >= 0.6 is 23.4 Å². The first kappa shape index (κ1) is 15.0. The number of rotatable bonds is 3. The Kier molecular flexibility index (Phi) is 5.14. The number of hydrogen-bond donors (Lipinski definition) is 3. The average Bonchev–Trinajstić information content (AvgIpc) is 2.47. The molecule has 0 aromatic heterocycles. The lowest BCUT2D eigenvalue weighted by Gasteiger charge is -2.21. The van der Waals surface area contributed by atoms with Gasteiger partial charge in [0, 0.05) is 10.6 Å². The maximum atomic E-state index is 12.2. The van der Waals surface area contributed by atoms with Crippen LogP contribution in [0.2, 0.25) is 5.02 Å². The molecule has 1 aromatic rings. The third kappa shape index (κ3) is 3.58. The summed E-state index contributed by atoms with van der Waals surface area (Å²) in [5.74, 6) is 0.873. The van der Waals surface area contributed by atoms with Gasteiger partial charge in [-0.3, -0.25) is 4.79 Å². The Morgan fingerprint density at radius 3 is 2.95 bits per heavy atom. The van der Waals surface area contributed by atoms with Crippen LogP contribution in [-0.2, 0) is 4.79 Å². The molecule has 1 fully saturated rings. The SMILES string of the molecule is N/C(=N/O)c1ccc(Cl)cc1NC(=O)C1CCCCS1. The summed E-state index contributed by atoms with van der Waals surface area (Å²) >= 11 is 7.59. The van der Waals surface area contributed by atoms with E-state index in [1.807, 2.05) is 0 Å². The fourth-order valence-electron chi connectivity index (χ4n) is 2.06. The van der Waals surface area contributed by atoms with Crippen LogP contribution in [0.25, 0.3) is 0 Å². The molecule has 1 aliphatic heterocycles. The van der Waals surface area contributed by atoms with Gasteiger partial charge in [0.1, 0.15) is 0 Å². The van der Waals surface area contributed by atoms with Crippen LogP contribution in [-0.4, -0.2) is 28.0 Å². The number of amidine groups is 1. The van der Waals surface area contributed by atoms with Gasteiger partial charge in [-0.25, -0.2) is 0 Å². The summed E-state index contributed by atoms with van der Waals surface area (Å²) in [6.07, 6.45) is 3.09. The van der Waals surface area contributed by atoms with E-state index in [2.05, 4.69) is 10.5 Å². The van der Waals surface area contributed by atoms with Crippen LogP contribution in [0.4, 0.5) is 5.69 Å². The second kappa shape index (κ2) is 6.85. The third-order valence-corrected chi connectivity index (χ3v) is 4.71. The highest BCUT2D eigenvalue weighted by atomic mass is 35.5. The number of anilines is 1. The maximum Gasteiger partial charge on any atom is 0.237 e. The Morgan fingerprint density at radius 1 is 1.50 bits per heavy atom. The van der Waals surface area contributed by atoms with Crippen molar-refractivity contribution in [2.75, 3.05) is 11.1 Å². The number of oxime groups is 1. The van der Waals surface area contributed by atoms with Gasteiger partial charge in [0.2, 0.25) is 5.91 Å². The van der Waals surface area contributed by atoms with E-state index in [0.29, 0.717) is 16.3 Å². The Labute approximate surface area is 126 Å². The second-order valence-corrected chi connectivity index (χ2v) is 6.27. The molecule has 5 nitrogen and oxygen atoms in total. The lowest BCUT2D eigenvalue weighted by atomic mass is 10.1. The summed E-state index contributed by atoms with van der Waals surface area (Å²) < 4.78 is 0. The van der Waals surface area contributed by atoms with E-state index in [1.54, 1.807) is 30.0 Å². The van der Waals surface area contributed by atoms with Crippen molar-refractivity contribution in [3.63, 3.8) is 0 Å². The van der Waals surface area contributed by atoms with Gasteiger partial charge < -0.3 is 16.3 Å². The Balaban J connectivity index is 2.19. The molecule has 4 N–H and O–H groups in total. The predicted molar refractivity (Wildman–Crippen MR) is 82.7 cm³/mol. The van der Waals surface area contributed by atoms with Gasteiger partial charge in [-0.05, 0) is 36.8 Å². The number of thioether (sulfide) groups is 1. The molecule has 1 aliphatic rings. The van der Waals surface area contributed by atoms with Crippen molar-refractivity contribution < 1.29 is 10.0 Å². The largest absolute Gasteiger partial charge is 0.409 e. The van der Waals surface area contributed by atoms with Crippen LogP contribution < -0.4 is 11.1 Å². The quantitative estimate of drug-likeness (QED) is 0.346. The number of halogens is 1. The summed E-state index contributed by atoms with van der Waals surface area (Å²) in [5, 5.41) is 15.0. The van der Waals surface area contributed by atoms with E-state index >= 15 is 0 Å². The molecule has 0 saturated carbocycles.